The fourth-order valence-electron chi connectivity index (χ4n) is 2.70. The van der Waals surface area contributed by atoms with Crippen LogP contribution in [0, 0.1) is 0 Å². The van der Waals surface area contributed by atoms with Gasteiger partial charge in [0, 0.05) is 44.4 Å². The largest absolute Gasteiger partial charge is 0.378 e. The van der Waals surface area contributed by atoms with Crippen LogP contribution in [0.2, 0.25) is 0 Å². The number of hydrogen-bond acceptors (Lipinski definition) is 4. The Morgan fingerprint density at radius 2 is 2.12 bits per heavy atom. The first-order valence-electron chi connectivity index (χ1n) is 6.35. The van der Waals surface area contributed by atoms with Crippen molar-refractivity contribution in [2.24, 2.45) is 0 Å². The van der Waals surface area contributed by atoms with Gasteiger partial charge in [0.2, 0.25) is 0 Å². The highest BCUT2D eigenvalue weighted by Gasteiger charge is 2.32. The van der Waals surface area contributed by atoms with Crippen molar-refractivity contribution in [2.75, 3.05) is 46.1 Å². The average Bonchev–Trinajstić information content (AvgIpc) is 2.70. The number of rotatable bonds is 2. The highest BCUT2D eigenvalue weighted by atomic mass is 16.5. The van der Waals surface area contributed by atoms with Crippen LogP contribution in [-0.4, -0.2) is 67.4 Å². The summed E-state index contributed by atoms with van der Waals surface area (Å²) in [5.74, 6) is 0. The van der Waals surface area contributed by atoms with Gasteiger partial charge in [-0.1, -0.05) is 0 Å². The molecule has 0 aliphatic carbocycles. The monoisotopic (exact) mass is 227 g/mol. The molecular formula is C12H25N3O. The molecule has 0 aromatic heterocycles. The minimum atomic E-state index is 0.252. The molecule has 1 N–H and O–H groups in total. The predicted octanol–water partition coefficient (Wildman–Crippen LogP) is 0.348. The molecule has 4 nitrogen and oxygen atoms in total. The van der Waals surface area contributed by atoms with Gasteiger partial charge in [-0.05, 0) is 20.8 Å². The van der Waals surface area contributed by atoms with E-state index in [1.165, 1.54) is 6.54 Å². The Morgan fingerprint density at radius 3 is 2.75 bits per heavy atom. The summed E-state index contributed by atoms with van der Waals surface area (Å²) in [6.45, 7) is 14.2. The van der Waals surface area contributed by atoms with Crippen molar-refractivity contribution in [3.8, 4) is 0 Å². The second-order valence-corrected chi connectivity index (χ2v) is 5.83. The first-order chi connectivity index (χ1) is 7.57. The van der Waals surface area contributed by atoms with Crippen LogP contribution in [0.4, 0.5) is 0 Å². The Labute approximate surface area is 98.9 Å². The Kier molecular flexibility index (Phi) is 3.85. The van der Waals surface area contributed by atoms with Crippen molar-refractivity contribution in [1.82, 2.24) is 15.1 Å². The number of nitrogens with one attached hydrogen (secondary N) is 1. The number of nitrogens with zero attached hydrogens (tertiary/aromatic N) is 2. The molecule has 2 aliphatic heterocycles. The van der Waals surface area contributed by atoms with Crippen LogP contribution in [-0.2, 0) is 4.74 Å². The second-order valence-electron chi connectivity index (χ2n) is 5.83. The zero-order valence-electron chi connectivity index (χ0n) is 10.8. The normalized spacial score (nSPS) is 29.8. The van der Waals surface area contributed by atoms with Gasteiger partial charge in [0.15, 0.2) is 0 Å². The highest BCUT2D eigenvalue weighted by Crippen LogP contribution is 2.20. The maximum Gasteiger partial charge on any atom is 0.0635 e. The summed E-state index contributed by atoms with van der Waals surface area (Å²) in [4.78, 5) is 5.08. The number of ether oxygens (including phenoxy) is 1. The summed E-state index contributed by atoms with van der Waals surface area (Å²) >= 11 is 0. The van der Waals surface area contributed by atoms with E-state index in [1.54, 1.807) is 0 Å². The van der Waals surface area contributed by atoms with Crippen LogP contribution in [0.3, 0.4) is 0 Å². The van der Waals surface area contributed by atoms with E-state index in [2.05, 4.69) is 35.9 Å². The van der Waals surface area contributed by atoms with Gasteiger partial charge in [-0.15, -0.1) is 0 Å². The minimum Gasteiger partial charge on any atom is -0.378 e. The first-order valence-corrected chi connectivity index (χ1v) is 6.35. The lowest BCUT2D eigenvalue weighted by Gasteiger charge is -2.45. The molecule has 0 aromatic carbocycles. The van der Waals surface area contributed by atoms with E-state index in [0.717, 1.165) is 39.5 Å². The molecule has 0 bridgehead atoms. The molecule has 0 aromatic rings. The Hall–Kier alpha value is -0.160. The van der Waals surface area contributed by atoms with Crippen LogP contribution < -0.4 is 5.32 Å². The van der Waals surface area contributed by atoms with Crippen LogP contribution in [0.5, 0.6) is 0 Å². The Morgan fingerprint density at radius 1 is 1.31 bits per heavy atom. The summed E-state index contributed by atoms with van der Waals surface area (Å²) in [7, 11) is 0. The number of hydrogen-bond donors (Lipinski definition) is 1. The lowest BCUT2D eigenvalue weighted by Crippen LogP contribution is -2.57. The van der Waals surface area contributed by atoms with E-state index in [4.69, 9.17) is 4.74 Å². The average molecular weight is 227 g/mol. The van der Waals surface area contributed by atoms with Crippen molar-refractivity contribution < 1.29 is 4.74 Å². The molecule has 0 saturated carbocycles. The van der Waals surface area contributed by atoms with Crippen LogP contribution in [0.1, 0.15) is 20.8 Å². The van der Waals surface area contributed by atoms with Gasteiger partial charge in [0.25, 0.3) is 0 Å². The van der Waals surface area contributed by atoms with Gasteiger partial charge in [0.1, 0.15) is 0 Å². The zero-order chi connectivity index (χ0) is 11.6. The number of morpholine rings is 1. The zero-order valence-corrected chi connectivity index (χ0v) is 10.8. The van der Waals surface area contributed by atoms with E-state index in [9.17, 15) is 0 Å². The van der Waals surface area contributed by atoms with Crippen molar-refractivity contribution in [2.45, 2.75) is 32.4 Å². The van der Waals surface area contributed by atoms with E-state index in [1.807, 2.05) is 0 Å². The lowest BCUT2D eigenvalue weighted by molar-refractivity contribution is -0.0574. The van der Waals surface area contributed by atoms with Crippen molar-refractivity contribution in [3.05, 3.63) is 0 Å². The SMILES string of the molecule is CC(C)(C)N1CCOCC1CN1CCNC1. The predicted molar refractivity (Wildman–Crippen MR) is 65.5 cm³/mol. The smallest absolute Gasteiger partial charge is 0.0635 e. The summed E-state index contributed by atoms with van der Waals surface area (Å²) in [5, 5.41) is 3.38. The van der Waals surface area contributed by atoms with E-state index < -0.39 is 0 Å². The maximum absolute atomic E-state index is 5.63. The molecule has 1 unspecified atom stereocenters. The third kappa shape index (κ3) is 2.94. The topological polar surface area (TPSA) is 27.7 Å². The van der Waals surface area contributed by atoms with Crippen molar-refractivity contribution in [1.29, 1.82) is 0 Å². The molecule has 1 atom stereocenters. The molecule has 2 fully saturated rings. The van der Waals surface area contributed by atoms with Crippen molar-refractivity contribution >= 4 is 0 Å². The molecule has 2 heterocycles. The van der Waals surface area contributed by atoms with Crippen LogP contribution in [0.15, 0.2) is 0 Å². The maximum atomic E-state index is 5.63. The lowest BCUT2D eigenvalue weighted by atomic mass is 10.0. The third-order valence-corrected chi connectivity index (χ3v) is 3.50. The fourth-order valence-corrected chi connectivity index (χ4v) is 2.70. The van der Waals surface area contributed by atoms with Gasteiger partial charge < -0.3 is 10.1 Å². The molecule has 16 heavy (non-hydrogen) atoms. The van der Waals surface area contributed by atoms with E-state index in [-0.39, 0.29) is 5.54 Å². The molecule has 0 amide bonds. The fraction of sp³-hybridized carbons (Fsp3) is 1.00. The molecule has 2 aliphatic rings. The summed E-state index contributed by atoms with van der Waals surface area (Å²) in [6, 6.07) is 0.550. The van der Waals surface area contributed by atoms with Crippen molar-refractivity contribution in [3.63, 3.8) is 0 Å². The van der Waals surface area contributed by atoms with Gasteiger partial charge in [-0.2, -0.15) is 0 Å². The molecule has 2 saturated heterocycles. The summed E-state index contributed by atoms with van der Waals surface area (Å²) in [5.41, 5.74) is 0.252. The van der Waals surface area contributed by atoms with Gasteiger partial charge in [-0.25, -0.2) is 0 Å². The second kappa shape index (κ2) is 5.00. The molecular weight excluding hydrogens is 202 g/mol. The summed E-state index contributed by atoms with van der Waals surface area (Å²) < 4.78 is 5.63. The Balaban J connectivity index is 1.93. The molecule has 2 rings (SSSR count). The minimum absolute atomic E-state index is 0.252. The van der Waals surface area contributed by atoms with Crippen LogP contribution >= 0.6 is 0 Å². The van der Waals surface area contributed by atoms with E-state index in [0.29, 0.717) is 6.04 Å². The standard InChI is InChI=1S/C12H25N3O/c1-12(2,3)15-6-7-16-9-11(15)8-14-5-4-13-10-14/h11,13H,4-10H2,1-3H3. The molecule has 0 radical (unpaired) electrons. The molecule has 0 spiro atoms. The van der Waals surface area contributed by atoms with Gasteiger partial charge in [0.05, 0.1) is 13.2 Å². The quantitative estimate of drug-likeness (QED) is 0.737. The summed E-state index contributed by atoms with van der Waals surface area (Å²) in [6.07, 6.45) is 0. The molecule has 4 heteroatoms. The van der Waals surface area contributed by atoms with Gasteiger partial charge in [-0.3, -0.25) is 9.80 Å². The Bertz CT molecular complexity index is 221. The van der Waals surface area contributed by atoms with Crippen LogP contribution in [0.25, 0.3) is 0 Å². The molecule has 94 valence electrons. The van der Waals surface area contributed by atoms with Gasteiger partial charge >= 0.3 is 0 Å². The van der Waals surface area contributed by atoms with E-state index >= 15 is 0 Å². The third-order valence-electron chi connectivity index (χ3n) is 3.50. The first kappa shape index (κ1) is 12.3. The highest BCUT2D eigenvalue weighted by molar-refractivity contribution is 4.87.